The number of hydrogen-bond acceptors (Lipinski definition) is 5. The first-order valence-corrected chi connectivity index (χ1v) is 13.1. The van der Waals surface area contributed by atoms with Gasteiger partial charge in [-0.2, -0.15) is 39.5 Å². The molecule has 0 aliphatic carbocycles. The molecule has 3 aromatic rings. The van der Waals surface area contributed by atoms with E-state index in [1.165, 1.54) is 4.40 Å². The number of ether oxygens (including phenoxy) is 1. The molecule has 2 aliphatic heterocycles. The molecule has 2 bridgehead atoms. The number of benzene rings is 1. The zero-order valence-electron chi connectivity index (χ0n) is 20.3. The van der Waals surface area contributed by atoms with Gasteiger partial charge in [-0.3, -0.25) is 4.90 Å². The van der Waals surface area contributed by atoms with Crippen LogP contribution < -0.4 is 0 Å². The molecular weight excluding hydrogens is 583 g/mol. The lowest BCUT2D eigenvalue weighted by atomic mass is 9.91. The quantitative estimate of drug-likeness (QED) is 0.305. The van der Waals surface area contributed by atoms with Crippen molar-refractivity contribution in [1.29, 1.82) is 0 Å². The molecule has 3 atom stereocenters. The van der Waals surface area contributed by atoms with E-state index in [1.54, 1.807) is 25.3 Å². The molecule has 2 aliphatic rings. The lowest BCUT2D eigenvalue weighted by Gasteiger charge is -2.52. The van der Waals surface area contributed by atoms with E-state index in [-0.39, 0.29) is 47.7 Å². The smallest absolute Gasteiger partial charge is 0.374 e. The fraction of sp³-hybridized carbons (Fsp3) is 0.435. The minimum absolute atomic E-state index is 0.164. The Balaban J connectivity index is 1.68. The number of aryl methyl sites for hydroxylation is 1. The number of fused-ring (bicyclic) bond motifs is 3. The van der Waals surface area contributed by atoms with Gasteiger partial charge in [-0.05, 0) is 41.1 Å². The van der Waals surface area contributed by atoms with E-state index in [0.29, 0.717) is 25.8 Å². The van der Waals surface area contributed by atoms with Gasteiger partial charge in [-0.15, -0.1) is 0 Å². The SMILES string of the molecule is Cc1ccn2c(C[C@H]3[C@@H]4CN3CCO4)c(-c3ccc(S(=O)(=O)N(C(F)(F)F)C(F)(F)F)cc3C(F)(F)F)nc2c1. The highest BCUT2D eigenvalue weighted by Crippen LogP contribution is 2.43. The Morgan fingerprint density at radius 2 is 1.70 bits per heavy atom. The number of morpholine rings is 2. The van der Waals surface area contributed by atoms with Gasteiger partial charge in [-0.25, -0.2) is 13.4 Å². The highest BCUT2D eigenvalue weighted by molar-refractivity contribution is 7.89. The first-order chi connectivity index (χ1) is 18.4. The Kier molecular flexibility index (Phi) is 6.67. The van der Waals surface area contributed by atoms with Gasteiger partial charge in [0.2, 0.25) is 0 Å². The maximum absolute atomic E-state index is 14.2. The number of sulfonamides is 1. The minimum atomic E-state index is -6.53. The summed E-state index contributed by atoms with van der Waals surface area (Å²) >= 11 is 0. The average molecular weight is 602 g/mol. The van der Waals surface area contributed by atoms with Gasteiger partial charge < -0.3 is 9.14 Å². The van der Waals surface area contributed by atoms with E-state index in [9.17, 15) is 47.9 Å². The Hall–Kier alpha value is -2.89. The van der Waals surface area contributed by atoms with Crippen molar-refractivity contribution in [1.82, 2.24) is 18.6 Å². The highest BCUT2D eigenvalue weighted by Gasteiger charge is 2.61. The van der Waals surface area contributed by atoms with E-state index in [4.69, 9.17) is 4.74 Å². The molecule has 0 saturated carbocycles. The molecule has 40 heavy (non-hydrogen) atoms. The first-order valence-electron chi connectivity index (χ1n) is 11.6. The number of hydrogen-bond donors (Lipinski definition) is 0. The number of halogens is 9. The predicted octanol–water partition coefficient (Wildman–Crippen LogP) is 4.98. The van der Waals surface area contributed by atoms with Crippen molar-refractivity contribution in [2.75, 3.05) is 19.7 Å². The van der Waals surface area contributed by atoms with Crippen molar-refractivity contribution in [3.63, 3.8) is 0 Å². The summed E-state index contributed by atoms with van der Waals surface area (Å²) in [5.41, 5.74) is -1.45. The van der Waals surface area contributed by atoms with Crippen LogP contribution in [-0.4, -0.2) is 71.5 Å². The zero-order valence-corrected chi connectivity index (χ0v) is 21.1. The van der Waals surface area contributed by atoms with Crippen molar-refractivity contribution in [2.45, 2.75) is 49.2 Å². The molecule has 17 heteroatoms. The largest absolute Gasteiger partial charge is 0.481 e. The number of alkyl halides is 9. The second-order valence-electron chi connectivity index (χ2n) is 9.43. The van der Waals surface area contributed by atoms with E-state index in [0.717, 1.165) is 5.56 Å². The molecule has 2 aromatic heterocycles. The zero-order chi connectivity index (χ0) is 29.4. The van der Waals surface area contributed by atoms with E-state index < -0.39 is 49.1 Å². The number of pyridine rings is 1. The first kappa shape index (κ1) is 28.6. The Labute approximate surface area is 220 Å². The minimum Gasteiger partial charge on any atom is -0.374 e. The van der Waals surface area contributed by atoms with Crippen LogP contribution in [-0.2, 0) is 27.4 Å². The van der Waals surface area contributed by atoms with Crippen molar-refractivity contribution in [3.8, 4) is 11.3 Å². The van der Waals surface area contributed by atoms with Crippen LogP contribution in [0, 0.1) is 6.92 Å². The molecular formula is C23H19F9N4O3S. The lowest BCUT2D eigenvalue weighted by Crippen LogP contribution is -2.66. The number of aromatic nitrogens is 2. The van der Waals surface area contributed by atoms with Crippen molar-refractivity contribution >= 4 is 15.7 Å². The average Bonchev–Trinajstić information content (AvgIpc) is 3.16. The van der Waals surface area contributed by atoms with Crippen LogP contribution in [0.15, 0.2) is 41.4 Å². The summed E-state index contributed by atoms with van der Waals surface area (Å²) < 4.78 is 151. The molecule has 4 heterocycles. The van der Waals surface area contributed by atoms with Crippen LogP contribution in [0.3, 0.4) is 0 Å². The van der Waals surface area contributed by atoms with Crippen LogP contribution in [0.1, 0.15) is 16.8 Å². The Morgan fingerprint density at radius 1 is 1.02 bits per heavy atom. The number of imidazole rings is 1. The molecule has 2 saturated heterocycles. The maximum Gasteiger partial charge on any atom is 0.481 e. The fourth-order valence-electron chi connectivity index (χ4n) is 5.04. The molecule has 1 unspecified atom stereocenters. The van der Waals surface area contributed by atoms with E-state index in [1.807, 2.05) is 0 Å². The third-order valence-corrected chi connectivity index (χ3v) is 8.60. The van der Waals surface area contributed by atoms with Crippen molar-refractivity contribution in [3.05, 3.63) is 53.3 Å². The highest BCUT2D eigenvalue weighted by atomic mass is 32.2. The summed E-state index contributed by atoms with van der Waals surface area (Å²) in [6, 6.07) is 3.63. The monoisotopic (exact) mass is 602 g/mol. The standard InChI is InChI=1S/C23H19F9N4O3S/c1-12-4-5-35-17(10-16-18-11-34(16)6-7-39-18)20(33-19(35)8-12)14-3-2-13(9-15(14)21(24,25)26)40(37,38)36(22(27,28)29)23(30,31)32/h2-5,8-9,16,18H,6-7,10-11H2,1H3/t16-,18-/m0/s1. The van der Waals surface area contributed by atoms with E-state index >= 15 is 0 Å². The lowest BCUT2D eigenvalue weighted by molar-refractivity contribution is -0.333. The van der Waals surface area contributed by atoms with Crippen LogP contribution in [0.5, 0.6) is 0 Å². The molecule has 5 rings (SSSR count). The van der Waals surface area contributed by atoms with Gasteiger partial charge in [0.15, 0.2) is 0 Å². The van der Waals surface area contributed by atoms with Crippen LogP contribution in [0.4, 0.5) is 39.5 Å². The summed E-state index contributed by atoms with van der Waals surface area (Å²) in [6.45, 7) is 3.44. The molecule has 0 spiro atoms. The normalized spacial score (nSPS) is 22.1. The van der Waals surface area contributed by atoms with Crippen molar-refractivity contribution in [2.24, 2.45) is 0 Å². The van der Waals surface area contributed by atoms with Gasteiger partial charge in [0.1, 0.15) is 5.65 Å². The Bertz CT molecular complexity index is 1540. The van der Waals surface area contributed by atoms with Gasteiger partial charge in [0.05, 0.1) is 34.6 Å². The number of rotatable bonds is 5. The van der Waals surface area contributed by atoms with Gasteiger partial charge >= 0.3 is 18.8 Å². The Morgan fingerprint density at radius 3 is 2.25 bits per heavy atom. The summed E-state index contributed by atoms with van der Waals surface area (Å²) in [6.07, 6.45) is -16.8. The second-order valence-corrected chi connectivity index (χ2v) is 11.2. The molecule has 2 fully saturated rings. The molecule has 7 nitrogen and oxygen atoms in total. The second kappa shape index (κ2) is 9.32. The summed E-state index contributed by atoms with van der Waals surface area (Å²) in [5.74, 6) is 0. The van der Waals surface area contributed by atoms with Crippen LogP contribution >= 0.6 is 0 Å². The summed E-state index contributed by atoms with van der Waals surface area (Å²) in [5, 5.41) is 0. The summed E-state index contributed by atoms with van der Waals surface area (Å²) in [7, 11) is -6.53. The van der Waals surface area contributed by atoms with E-state index in [2.05, 4.69) is 9.88 Å². The van der Waals surface area contributed by atoms with Gasteiger partial charge in [0, 0.05) is 37.3 Å². The number of nitrogens with zero attached hydrogens (tertiary/aromatic N) is 4. The van der Waals surface area contributed by atoms with Crippen LogP contribution in [0.25, 0.3) is 16.9 Å². The fourth-order valence-corrected chi connectivity index (χ4v) is 6.30. The van der Waals surface area contributed by atoms with Gasteiger partial charge in [0.25, 0.3) is 10.0 Å². The maximum atomic E-state index is 14.2. The third-order valence-electron chi connectivity index (χ3n) is 6.86. The molecule has 218 valence electrons. The summed E-state index contributed by atoms with van der Waals surface area (Å²) in [4.78, 5) is 4.54. The van der Waals surface area contributed by atoms with Crippen LogP contribution in [0.2, 0.25) is 0 Å². The molecule has 1 aromatic carbocycles. The van der Waals surface area contributed by atoms with Gasteiger partial charge in [-0.1, -0.05) is 6.07 Å². The molecule has 0 amide bonds. The van der Waals surface area contributed by atoms with Crippen molar-refractivity contribution < 1.29 is 52.7 Å². The molecule has 0 radical (unpaired) electrons. The predicted molar refractivity (Wildman–Crippen MR) is 120 cm³/mol. The molecule has 0 N–H and O–H groups in total. The third kappa shape index (κ3) is 4.92. The topological polar surface area (TPSA) is 67.2 Å².